The quantitative estimate of drug-likeness (QED) is 0.539. The number of carboxylic acid groups (broad SMARTS) is 1. The first-order valence-electron chi connectivity index (χ1n) is 9.00. The number of benzene rings is 3. The fraction of sp³-hybridized carbons (Fsp3) is 0.174. The van der Waals surface area contributed by atoms with Gasteiger partial charge in [-0.15, -0.1) is 0 Å². The molecule has 1 aliphatic heterocycles. The van der Waals surface area contributed by atoms with Gasteiger partial charge < -0.3 is 14.3 Å². The van der Waals surface area contributed by atoms with Crippen molar-refractivity contribution in [1.29, 1.82) is 0 Å². The topological polar surface area (TPSA) is 59.7 Å². The predicted molar refractivity (Wildman–Crippen MR) is 104 cm³/mol. The molecule has 0 saturated carbocycles. The van der Waals surface area contributed by atoms with E-state index >= 15 is 0 Å². The van der Waals surface area contributed by atoms with Gasteiger partial charge in [0.25, 0.3) is 0 Å². The zero-order valence-corrected chi connectivity index (χ0v) is 14.7. The Morgan fingerprint density at radius 3 is 2.11 bits per heavy atom. The maximum Gasteiger partial charge on any atom is 0.311 e. The van der Waals surface area contributed by atoms with Crippen molar-refractivity contribution in [3.8, 4) is 5.75 Å². The van der Waals surface area contributed by atoms with Gasteiger partial charge in [0.05, 0.1) is 12.5 Å². The highest BCUT2D eigenvalue weighted by Gasteiger charge is 2.34. The SMILES string of the molecule is O=C(O)C(c1ccccc1)C1CCOc2ccccc21.c1cc2ccc1o2. The number of hydrogen-bond acceptors (Lipinski definition) is 3. The Morgan fingerprint density at radius 2 is 1.52 bits per heavy atom. The zero-order chi connectivity index (χ0) is 18.6. The van der Waals surface area contributed by atoms with Gasteiger partial charge in [-0.2, -0.15) is 0 Å². The minimum Gasteiger partial charge on any atom is -0.493 e. The average Bonchev–Trinajstić information content (AvgIpc) is 3.36. The standard InChI is InChI=1S/C17H16O3.C6H4O/c18-17(19)16(12-6-2-1-3-7-12)14-10-11-20-15-9-5-4-8-13(14)15;1-2-6-4-3-5(1)7-6/h1-9,14,16H,10-11H2,(H,18,19);1-4H. The zero-order valence-electron chi connectivity index (χ0n) is 14.7. The molecule has 2 aromatic heterocycles. The highest BCUT2D eigenvalue weighted by Crippen LogP contribution is 2.42. The molecule has 2 unspecified atom stereocenters. The Kier molecular flexibility index (Phi) is 4.79. The molecule has 4 heteroatoms. The molecule has 0 aliphatic carbocycles. The number of ether oxygens (including phenoxy) is 1. The molecule has 0 amide bonds. The fourth-order valence-electron chi connectivity index (χ4n) is 3.64. The summed E-state index contributed by atoms with van der Waals surface area (Å²) in [6, 6.07) is 25.0. The van der Waals surface area contributed by atoms with E-state index in [2.05, 4.69) is 0 Å². The summed E-state index contributed by atoms with van der Waals surface area (Å²) in [6.07, 6.45) is 0.725. The Bertz CT molecular complexity index is 960. The number of fused-ring (bicyclic) bond motifs is 3. The third-order valence-electron chi connectivity index (χ3n) is 4.89. The lowest BCUT2D eigenvalue weighted by Gasteiger charge is -2.30. The first-order chi connectivity index (χ1) is 13.2. The molecule has 2 bridgehead atoms. The van der Waals surface area contributed by atoms with Crippen LogP contribution >= 0.6 is 0 Å². The van der Waals surface area contributed by atoms with E-state index in [0.29, 0.717) is 6.61 Å². The molecule has 0 saturated heterocycles. The average molecular weight is 360 g/mol. The summed E-state index contributed by atoms with van der Waals surface area (Å²) in [5.74, 6) is -0.537. The van der Waals surface area contributed by atoms with Crippen LogP contribution in [-0.4, -0.2) is 17.7 Å². The van der Waals surface area contributed by atoms with Gasteiger partial charge in [-0.1, -0.05) is 48.5 Å². The Hall–Kier alpha value is -3.27. The van der Waals surface area contributed by atoms with Crippen molar-refractivity contribution in [2.45, 2.75) is 18.3 Å². The first kappa shape index (κ1) is 17.2. The largest absolute Gasteiger partial charge is 0.493 e. The van der Waals surface area contributed by atoms with Crippen molar-refractivity contribution in [2.75, 3.05) is 6.61 Å². The molecule has 2 aromatic carbocycles. The summed E-state index contributed by atoms with van der Waals surface area (Å²) in [7, 11) is 0. The van der Waals surface area contributed by atoms with E-state index in [0.717, 1.165) is 34.5 Å². The van der Waals surface area contributed by atoms with Crippen molar-refractivity contribution < 1.29 is 19.1 Å². The van der Waals surface area contributed by atoms with Crippen molar-refractivity contribution in [3.05, 3.63) is 90.0 Å². The molecule has 136 valence electrons. The molecule has 1 aliphatic rings. The van der Waals surface area contributed by atoms with Gasteiger partial charge in [0.15, 0.2) is 0 Å². The van der Waals surface area contributed by atoms with Gasteiger partial charge in [0.2, 0.25) is 0 Å². The van der Waals surface area contributed by atoms with Crippen LogP contribution in [-0.2, 0) is 4.79 Å². The summed E-state index contributed by atoms with van der Waals surface area (Å²) < 4.78 is 10.7. The number of para-hydroxylation sites is 1. The van der Waals surface area contributed by atoms with Crippen molar-refractivity contribution in [2.24, 2.45) is 0 Å². The van der Waals surface area contributed by atoms with E-state index in [1.165, 1.54) is 0 Å². The van der Waals surface area contributed by atoms with E-state index in [-0.39, 0.29) is 5.92 Å². The second kappa shape index (κ2) is 7.54. The van der Waals surface area contributed by atoms with Gasteiger partial charge in [-0.25, -0.2) is 0 Å². The molecule has 4 aromatic rings. The summed E-state index contributed by atoms with van der Waals surface area (Å²) in [4.78, 5) is 11.8. The second-order valence-corrected chi connectivity index (χ2v) is 6.58. The van der Waals surface area contributed by atoms with Crippen LogP contribution in [0.3, 0.4) is 0 Å². The fourth-order valence-corrected chi connectivity index (χ4v) is 3.64. The number of carbonyl (C=O) groups is 1. The molecule has 0 fully saturated rings. The lowest BCUT2D eigenvalue weighted by molar-refractivity contribution is -0.139. The van der Waals surface area contributed by atoms with Crippen LogP contribution in [0.4, 0.5) is 0 Å². The number of carboxylic acids is 1. The number of hydrogen-bond donors (Lipinski definition) is 1. The number of aliphatic carboxylic acids is 1. The number of furan rings is 2. The van der Waals surface area contributed by atoms with Crippen LogP contribution in [0.2, 0.25) is 0 Å². The van der Waals surface area contributed by atoms with Crippen LogP contribution in [0.15, 0.2) is 83.3 Å². The second-order valence-electron chi connectivity index (χ2n) is 6.58. The predicted octanol–water partition coefficient (Wildman–Crippen LogP) is 5.29. The molecular weight excluding hydrogens is 340 g/mol. The Morgan fingerprint density at radius 1 is 0.889 bits per heavy atom. The minimum absolute atomic E-state index is 0.0418. The van der Waals surface area contributed by atoms with Crippen LogP contribution in [0, 0.1) is 0 Å². The highest BCUT2D eigenvalue weighted by molar-refractivity contribution is 5.78. The normalized spacial score (nSPS) is 16.7. The van der Waals surface area contributed by atoms with Crippen LogP contribution < -0.4 is 4.74 Å². The van der Waals surface area contributed by atoms with E-state index in [4.69, 9.17) is 9.15 Å². The minimum atomic E-state index is -0.780. The van der Waals surface area contributed by atoms with Crippen molar-refractivity contribution in [1.82, 2.24) is 0 Å². The summed E-state index contributed by atoms with van der Waals surface area (Å²) in [5.41, 5.74) is 3.78. The maximum atomic E-state index is 11.8. The molecule has 27 heavy (non-hydrogen) atoms. The Balaban J connectivity index is 0.000000213. The van der Waals surface area contributed by atoms with Crippen LogP contribution in [0.5, 0.6) is 5.75 Å². The number of rotatable bonds is 3. The van der Waals surface area contributed by atoms with E-state index in [9.17, 15) is 9.90 Å². The summed E-state index contributed by atoms with van der Waals surface area (Å²) in [5, 5.41) is 9.66. The van der Waals surface area contributed by atoms with Crippen molar-refractivity contribution in [3.63, 3.8) is 0 Å². The van der Waals surface area contributed by atoms with Crippen LogP contribution in [0.25, 0.3) is 11.2 Å². The highest BCUT2D eigenvalue weighted by atomic mass is 16.5. The molecule has 5 rings (SSSR count). The molecule has 4 nitrogen and oxygen atoms in total. The molecule has 3 heterocycles. The van der Waals surface area contributed by atoms with E-state index < -0.39 is 11.9 Å². The van der Waals surface area contributed by atoms with Gasteiger partial charge in [0, 0.05) is 5.92 Å². The summed E-state index contributed by atoms with van der Waals surface area (Å²) >= 11 is 0. The first-order valence-corrected chi connectivity index (χ1v) is 9.00. The van der Waals surface area contributed by atoms with E-state index in [1.54, 1.807) is 0 Å². The molecule has 1 N–H and O–H groups in total. The maximum absolute atomic E-state index is 11.8. The lowest BCUT2D eigenvalue weighted by Crippen LogP contribution is -2.25. The van der Waals surface area contributed by atoms with Gasteiger partial charge >= 0.3 is 5.97 Å². The third kappa shape index (κ3) is 3.65. The monoisotopic (exact) mass is 360 g/mol. The smallest absolute Gasteiger partial charge is 0.311 e. The van der Waals surface area contributed by atoms with E-state index in [1.807, 2.05) is 78.9 Å². The molecular formula is C23H20O4. The summed E-state index contributed by atoms with van der Waals surface area (Å²) in [6.45, 7) is 0.568. The van der Waals surface area contributed by atoms with Crippen molar-refractivity contribution >= 4 is 17.1 Å². The van der Waals surface area contributed by atoms with Gasteiger partial charge in [-0.3, -0.25) is 4.79 Å². The van der Waals surface area contributed by atoms with Gasteiger partial charge in [0.1, 0.15) is 16.9 Å². The molecule has 2 atom stereocenters. The van der Waals surface area contributed by atoms with Gasteiger partial charge in [-0.05, 0) is 47.9 Å². The van der Waals surface area contributed by atoms with Crippen LogP contribution in [0.1, 0.15) is 29.4 Å². The Labute approximate surface area is 157 Å². The molecule has 0 spiro atoms. The molecule has 0 radical (unpaired) electrons. The lowest BCUT2D eigenvalue weighted by atomic mass is 9.78. The third-order valence-corrected chi connectivity index (χ3v) is 4.89.